The van der Waals surface area contributed by atoms with Crippen LogP contribution in [0.4, 0.5) is 4.39 Å². The lowest BCUT2D eigenvalue weighted by atomic mass is 10.0. The molecule has 0 aliphatic carbocycles. The first-order valence-electron chi connectivity index (χ1n) is 7.95. The number of carbonyl (C=O) groups is 2. The summed E-state index contributed by atoms with van der Waals surface area (Å²) >= 11 is 1.51. The first-order valence-corrected chi connectivity index (χ1v) is 8.77. The minimum absolute atomic E-state index is 0.0386. The molecule has 1 fully saturated rings. The number of nitrogens with one attached hydrogen (secondary N) is 1. The first kappa shape index (κ1) is 16.6. The SMILES string of the molecule is Cc1ccc(C(=O)N2CCC(NC(=O)c3ccc(F)cc3)CC2)s1. The molecule has 2 aromatic rings. The Morgan fingerprint density at radius 3 is 2.38 bits per heavy atom. The van der Waals surface area contributed by atoms with E-state index in [9.17, 15) is 14.0 Å². The number of likely N-dealkylation sites (tertiary alicyclic amines) is 1. The average Bonchev–Trinajstić information content (AvgIpc) is 3.02. The summed E-state index contributed by atoms with van der Waals surface area (Å²) in [6.45, 7) is 3.24. The number of hydrogen-bond donors (Lipinski definition) is 1. The van der Waals surface area contributed by atoms with Gasteiger partial charge in [-0.15, -0.1) is 11.3 Å². The van der Waals surface area contributed by atoms with Crippen LogP contribution in [-0.4, -0.2) is 35.8 Å². The molecule has 1 aliphatic rings. The number of benzene rings is 1. The minimum atomic E-state index is -0.359. The number of amides is 2. The Bertz CT molecular complexity index is 734. The molecule has 0 atom stereocenters. The number of thiophene rings is 1. The zero-order valence-electron chi connectivity index (χ0n) is 13.4. The molecule has 24 heavy (non-hydrogen) atoms. The van der Waals surface area contributed by atoms with Crippen LogP contribution in [0.5, 0.6) is 0 Å². The van der Waals surface area contributed by atoms with Gasteiger partial charge < -0.3 is 10.2 Å². The third-order valence-corrected chi connectivity index (χ3v) is 5.16. The van der Waals surface area contributed by atoms with Gasteiger partial charge in [-0.05, 0) is 56.2 Å². The lowest BCUT2D eigenvalue weighted by Crippen LogP contribution is -2.46. The standard InChI is InChI=1S/C18H19FN2O2S/c1-12-2-7-16(24-12)18(23)21-10-8-15(9-11-21)20-17(22)13-3-5-14(19)6-4-13/h2-7,15H,8-11H2,1H3,(H,20,22). The van der Waals surface area contributed by atoms with Crippen molar-refractivity contribution in [3.05, 3.63) is 57.5 Å². The van der Waals surface area contributed by atoms with Gasteiger partial charge in [0.1, 0.15) is 5.82 Å². The van der Waals surface area contributed by atoms with Crippen LogP contribution >= 0.6 is 11.3 Å². The van der Waals surface area contributed by atoms with Crippen molar-refractivity contribution < 1.29 is 14.0 Å². The number of piperidine rings is 1. The Morgan fingerprint density at radius 2 is 1.79 bits per heavy atom. The van der Waals surface area contributed by atoms with E-state index in [2.05, 4.69) is 5.32 Å². The molecule has 2 amide bonds. The molecule has 0 spiro atoms. The highest BCUT2D eigenvalue weighted by molar-refractivity contribution is 7.13. The van der Waals surface area contributed by atoms with Gasteiger partial charge in [0.05, 0.1) is 4.88 Å². The predicted molar refractivity (Wildman–Crippen MR) is 91.8 cm³/mol. The number of nitrogens with zero attached hydrogens (tertiary/aromatic N) is 1. The molecule has 1 aliphatic heterocycles. The summed E-state index contributed by atoms with van der Waals surface area (Å²) in [4.78, 5) is 28.3. The molecule has 1 saturated heterocycles. The zero-order chi connectivity index (χ0) is 17.1. The molecule has 2 heterocycles. The smallest absolute Gasteiger partial charge is 0.263 e. The van der Waals surface area contributed by atoms with E-state index in [1.54, 1.807) is 0 Å². The van der Waals surface area contributed by atoms with Crippen LogP contribution in [0.2, 0.25) is 0 Å². The Kier molecular flexibility index (Phi) is 4.94. The molecule has 0 radical (unpaired) electrons. The maximum Gasteiger partial charge on any atom is 0.263 e. The van der Waals surface area contributed by atoms with E-state index in [4.69, 9.17) is 0 Å². The van der Waals surface area contributed by atoms with Gasteiger partial charge in [-0.3, -0.25) is 9.59 Å². The summed E-state index contributed by atoms with van der Waals surface area (Å²) in [5, 5.41) is 2.96. The zero-order valence-corrected chi connectivity index (χ0v) is 14.2. The fourth-order valence-corrected chi connectivity index (χ4v) is 3.64. The number of aryl methyl sites for hydroxylation is 1. The van der Waals surface area contributed by atoms with Crippen molar-refractivity contribution in [2.45, 2.75) is 25.8 Å². The van der Waals surface area contributed by atoms with Crippen LogP contribution in [0, 0.1) is 12.7 Å². The van der Waals surface area contributed by atoms with Crippen LogP contribution in [0.1, 0.15) is 37.7 Å². The maximum atomic E-state index is 12.9. The lowest BCUT2D eigenvalue weighted by Gasteiger charge is -2.32. The van der Waals surface area contributed by atoms with Crippen LogP contribution in [0.25, 0.3) is 0 Å². The number of rotatable bonds is 3. The third kappa shape index (κ3) is 3.82. The molecule has 0 bridgehead atoms. The molecule has 1 aromatic heterocycles. The molecular weight excluding hydrogens is 327 g/mol. The Morgan fingerprint density at radius 1 is 1.12 bits per heavy atom. The minimum Gasteiger partial charge on any atom is -0.349 e. The van der Waals surface area contributed by atoms with E-state index < -0.39 is 0 Å². The van der Waals surface area contributed by atoms with Gasteiger partial charge in [-0.2, -0.15) is 0 Å². The van der Waals surface area contributed by atoms with E-state index in [1.807, 2.05) is 24.0 Å². The Labute approximate surface area is 144 Å². The molecule has 1 N–H and O–H groups in total. The van der Waals surface area contributed by atoms with E-state index in [0.29, 0.717) is 18.7 Å². The van der Waals surface area contributed by atoms with Crippen molar-refractivity contribution in [1.82, 2.24) is 10.2 Å². The molecular formula is C18H19FN2O2S. The second kappa shape index (κ2) is 7.13. The molecule has 126 valence electrons. The van der Waals surface area contributed by atoms with Gasteiger partial charge in [0.2, 0.25) is 0 Å². The van der Waals surface area contributed by atoms with E-state index in [1.165, 1.54) is 35.6 Å². The van der Waals surface area contributed by atoms with Gasteiger partial charge in [-0.25, -0.2) is 4.39 Å². The van der Waals surface area contributed by atoms with E-state index in [0.717, 1.165) is 22.6 Å². The monoisotopic (exact) mass is 346 g/mol. The predicted octanol–water partition coefficient (Wildman–Crippen LogP) is 3.23. The fourth-order valence-electron chi connectivity index (χ4n) is 2.80. The average molecular weight is 346 g/mol. The molecule has 6 heteroatoms. The second-order valence-corrected chi connectivity index (χ2v) is 7.25. The molecule has 0 saturated carbocycles. The molecule has 1 aromatic carbocycles. The summed E-state index contributed by atoms with van der Waals surface area (Å²) in [6.07, 6.45) is 1.45. The van der Waals surface area contributed by atoms with Crippen molar-refractivity contribution in [3.63, 3.8) is 0 Å². The summed E-state index contributed by atoms with van der Waals surface area (Å²) in [5.74, 6) is -0.493. The maximum absolute atomic E-state index is 12.9. The Hall–Kier alpha value is -2.21. The number of hydrogen-bond acceptors (Lipinski definition) is 3. The van der Waals surface area contributed by atoms with Gasteiger partial charge >= 0.3 is 0 Å². The van der Waals surface area contributed by atoms with Gasteiger partial charge in [0.25, 0.3) is 11.8 Å². The van der Waals surface area contributed by atoms with Crippen molar-refractivity contribution in [3.8, 4) is 0 Å². The molecule has 4 nitrogen and oxygen atoms in total. The van der Waals surface area contributed by atoms with Gasteiger partial charge in [0.15, 0.2) is 0 Å². The lowest BCUT2D eigenvalue weighted by molar-refractivity contribution is 0.0703. The van der Waals surface area contributed by atoms with Crippen molar-refractivity contribution in [2.75, 3.05) is 13.1 Å². The highest BCUT2D eigenvalue weighted by atomic mass is 32.1. The number of halogens is 1. The van der Waals surface area contributed by atoms with Crippen molar-refractivity contribution in [1.29, 1.82) is 0 Å². The van der Waals surface area contributed by atoms with Crippen molar-refractivity contribution in [2.24, 2.45) is 0 Å². The Balaban J connectivity index is 1.52. The summed E-state index contributed by atoms with van der Waals surface area (Å²) < 4.78 is 12.9. The summed E-state index contributed by atoms with van der Waals surface area (Å²) in [6, 6.07) is 9.36. The highest BCUT2D eigenvalue weighted by Crippen LogP contribution is 2.20. The van der Waals surface area contributed by atoms with Crippen LogP contribution in [-0.2, 0) is 0 Å². The van der Waals surface area contributed by atoms with Crippen LogP contribution in [0.15, 0.2) is 36.4 Å². The highest BCUT2D eigenvalue weighted by Gasteiger charge is 2.25. The quantitative estimate of drug-likeness (QED) is 0.928. The normalized spacial score (nSPS) is 15.3. The summed E-state index contributed by atoms with van der Waals surface area (Å²) in [5.41, 5.74) is 0.448. The van der Waals surface area contributed by atoms with E-state index >= 15 is 0 Å². The van der Waals surface area contributed by atoms with Gasteiger partial charge in [0, 0.05) is 29.6 Å². The largest absolute Gasteiger partial charge is 0.349 e. The van der Waals surface area contributed by atoms with Crippen LogP contribution in [0.3, 0.4) is 0 Å². The van der Waals surface area contributed by atoms with E-state index in [-0.39, 0.29) is 23.7 Å². The van der Waals surface area contributed by atoms with Crippen LogP contribution < -0.4 is 5.32 Å². The first-order chi connectivity index (χ1) is 11.5. The summed E-state index contributed by atoms with van der Waals surface area (Å²) in [7, 11) is 0. The third-order valence-electron chi connectivity index (χ3n) is 4.17. The fraction of sp³-hybridized carbons (Fsp3) is 0.333. The molecule has 3 rings (SSSR count). The topological polar surface area (TPSA) is 49.4 Å². The second-order valence-electron chi connectivity index (χ2n) is 5.96. The van der Waals surface area contributed by atoms with Crippen molar-refractivity contribution >= 4 is 23.2 Å². The number of carbonyl (C=O) groups excluding carboxylic acids is 2. The molecule has 0 unspecified atom stereocenters. The van der Waals surface area contributed by atoms with Gasteiger partial charge in [-0.1, -0.05) is 0 Å².